The molecule has 1 amide bonds. The molecule has 0 aliphatic heterocycles. The van der Waals surface area contributed by atoms with Crippen LogP contribution in [0.5, 0.6) is 0 Å². The number of aromatic nitrogens is 3. The summed E-state index contributed by atoms with van der Waals surface area (Å²) in [5.41, 5.74) is 0.970. The van der Waals surface area contributed by atoms with Crippen LogP contribution in [0.4, 0.5) is 5.13 Å². The molecule has 106 valence electrons. The third-order valence-electron chi connectivity index (χ3n) is 2.78. The van der Waals surface area contributed by atoms with E-state index in [1.54, 1.807) is 17.3 Å². The fourth-order valence-corrected chi connectivity index (χ4v) is 2.65. The van der Waals surface area contributed by atoms with Gasteiger partial charge in [-0.25, -0.2) is 0 Å². The molecular weight excluding hydrogens is 272 g/mol. The lowest BCUT2D eigenvalue weighted by Crippen LogP contribution is -2.34. The normalized spacial score (nSPS) is 10.8. The molecule has 0 radical (unpaired) electrons. The molecular formula is C14H18N4OS. The van der Waals surface area contributed by atoms with Crippen LogP contribution < -0.4 is 4.90 Å². The van der Waals surface area contributed by atoms with Gasteiger partial charge in [0.15, 0.2) is 0 Å². The second kappa shape index (κ2) is 6.56. The molecule has 0 atom stereocenters. The summed E-state index contributed by atoms with van der Waals surface area (Å²) in [4.78, 5) is 17.9. The van der Waals surface area contributed by atoms with Crippen molar-refractivity contribution in [2.45, 2.75) is 27.2 Å². The zero-order valence-corrected chi connectivity index (χ0v) is 12.7. The van der Waals surface area contributed by atoms with Gasteiger partial charge >= 0.3 is 0 Å². The highest BCUT2D eigenvalue weighted by atomic mass is 32.1. The van der Waals surface area contributed by atoms with Crippen LogP contribution in [0.2, 0.25) is 0 Å². The van der Waals surface area contributed by atoms with Crippen LogP contribution >= 0.6 is 11.3 Å². The SMILES string of the molecule is CCCN(C(=O)C(C)C)c1nnc(-c2ccncc2)s1. The number of anilines is 1. The van der Waals surface area contributed by atoms with Crippen LogP contribution in [0, 0.1) is 5.92 Å². The van der Waals surface area contributed by atoms with E-state index in [1.165, 1.54) is 11.3 Å². The molecule has 0 spiro atoms. The molecule has 0 saturated carbocycles. The molecule has 2 aromatic heterocycles. The lowest BCUT2D eigenvalue weighted by atomic mass is 10.2. The minimum absolute atomic E-state index is 0.0465. The van der Waals surface area contributed by atoms with Gasteiger partial charge in [-0.3, -0.25) is 14.7 Å². The minimum atomic E-state index is -0.0465. The Labute approximate surface area is 122 Å². The summed E-state index contributed by atoms with van der Waals surface area (Å²) in [7, 11) is 0. The highest BCUT2D eigenvalue weighted by Crippen LogP contribution is 2.29. The number of hydrogen-bond acceptors (Lipinski definition) is 5. The third-order valence-corrected chi connectivity index (χ3v) is 3.77. The van der Waals surface area contributed by atoms with Gasteiger partial charge in [-0.2, -0.15) is 0 Å². The van der Waals surface area contributed by atoms with Crippen LogP contribution in [-0.4, -0.2) is 27.6 Å². The molecule has 0 saturated heterocycles. The zero-order chi connectivity index (χ0) is 14.5. The van der Waals surface area contributed by atoms with Gasteiger partial charge in [0.05, 0.1) is 0 Å². The van der Waals surface area contributed by atoms with Crippen LogP contribution in [0.25, 0.3) is 10.6 Å². The summed E-state index contributed by atoms with van der Waals surface area (Å²) < 4.78 is 0. The predicted octanol–water partition coefficient (Wildman–Crippen LogP) is 3.00. The van der Waals surface area contributed by atoms with E-state index in [1.807, 2.05) is 32.9 Å². The highest BCUT2D eigenvalue weighted by Gasteiger charge is 2.21. The van der Waals surface area contributed by atoms with Gasteiger partial charge in [0.2, 0.25) is 11.0 Å². The lowest BCUT2D eigenvalue weighted by Gasteiger charge is -2.20. The largest absolute Gasteiger partial charge is 0.286 e. The fourth-order valence-electron chi connectivity index (χ4n) is 1.77. The Balaban J connectivity index is 2.27. The van der Waals surface area contributed by atoms with Crippen LogP contribution in [0.3, 0.4) is 0 Å². The molecule has 0 aliphatic carbocycles. The summed E-state index contributed by atoms with van der Waals surface area (Å²) in [5, 5.41) is 9.82. The first-order valence-corrected chi connectivity index (χ1v) is 7.50. The summed E-state index contributed by atoms with van der Waals surface area (Å²) in [6, 6.07) is 3.78. The number of carbonyl (C=O) groups is 1. The molecule has 0 aromatic carbocycles. The highest BCUT2D eigenvalue weighted by molar-refractivity contribution is 7.18. The molecule has 0 aliphatic rings. The lowest BCUT2D eigenvalue weighted by molar-refractivity contribution is -0.121. The van der Waals surface area contributed by atoms with Gasteiger partial charge in [-0.15, -0.1) is 10.2 Å². The molecule has 20 heavy (non-hydrogen) atoms. The molecule has 0 unspecified atom stereocenters. The number of carbonyl (C=O) groups excluding carboxylic acids is 1. The Morgan fingerprint density at radius 2 is 2.00 bits per heavy atom. The van der Waals surface area contributed by atoms with Gasteiger partial charge < -0.3 is 0 Å². The monoisotopic (exact) mass is 290 g/mol. The number of rotatable bonds is 5. The first-order chi connectivity index (χ1) is 9.63. The molecule has 0 fully saturated rings. The van der Waals surface area contributed by atoms with Crippen molar-refractivity contribution in [3.63, 3.8) is 0 Å². The standard InChI is InChI=1S/C14H18N4OS/c1-4-9-18(13(19)10(2)3)14-17-16-12(20-14)11-5-7-15-8-6-11/h5-8,10H,4,9H2,1-3H3. The second-order valence-electron chi connectivity index (χ2n) is 4.77. The van der Waals surface area contributed by atoms with E-state index >= 15 is 0 Å². The second-order valence-corrected chi connectivity index (χ2v) is 5.73. The Hall–Kier alpha value is -1.82. The van der Waals surface area contributed by atoms with Gasteiger partial charge in [0, 0.05) is 30.4 Å². The smallest absolute Gasteiger partial charge is 0.231 e. The number of hydrogen-bond donors (Lipinski definition) is 0. The van der Waals surface area contributed by atoms with Gasteiger partial charge in [0.1, 0.15) is 5.01 Å². The molecule has 2 rings (SSSR count). The summed E-state index contributed by atoms with van der Waals surface area (Å²) in [6.45, 7) is 6.51. The fraction of sp³-hybridized carbons (Fsp3) is 0.429. The van der Waals surface area contributed by atoms with Crippen molar-refractivity contribution in [1.29, 1.82) is 0 Å². The average Bonchev–Trinajstić information content (AvgIpc) is 2.94. The van der Waals surface area contributed by atoms with Gasteiger partial charge in [0.25, 0.3) is 0 Å². The Kier molecular flexibility index (Phi) is 4.79. The van der Waals surface area contributed by atoms with E-state index in [-0.39, 0.29) is 11.8 Å². The molecule has 2 aromatic rings. The van der Waals surface area contributed by atoms with E-state index in [9.17, 15) is 4.79 Å². The average molecular weight is 290 g/mol. The topological polar surface area (TPSA) is 59.0 Å². The summed E-state index contributed by atoms with van der Waals surface area (Å²) >= 11 is 1.43. The van der Waals surface area contributed by atoms with Crippen molar-refractivity contribution in [1.82, 2.24) is 15.2 Å². The number of pyridine rings is 1. The minimum Gasteiger partial charge on any atom is -0.286 e. The molecule has 6 heteroatoms. The molecule has 2 heterocycles. The van der Waals surface area contributed by atoms with Crippen LogP contribution in [0.15, 0.2) is 24.5 Å². The van der Waals surface area contributed by atoms with Crippen LogP contribution in [-0.2, 0) is 4.79 Å². The predicted molar refractivity (Wildman–Crippen MR) is 80.6 cm³/mol. The molecule has 0 N–H and O–H groups in total. The first-order valence-electron chi connectivity index (χ1n) is 6.68. The van der Waals surface area contributed by atoms with Gasteiger partial charge in [-0.1, -0.05) is 32.1 Å². The third kappa shape index (κ3) is 3.19. The van der Waals surface area contributed by atoms with Crippen molar-refractivity contribution in [2.24, 2.45) is 5.92 Å². The molecule has 0 bridgehead atoms. The van der Waals surface area contributed by atoms with E-state index in [0.717, 1.165) is 17.0 Å². The Morgan fingerprint density at radius 1 is 1.30 bits per heavy atom. The quantitative estimate of drug-likeness (QED) is 0.849. The maximum Gasteiger partial charge on any atom is 0.231 e. The van der Waals surface area contributed by atoms with E-state index in [4.69, 9.17) is 0 Å². The Morgan fingerprint density at radius 3 is 2.60 bits per heavy atom. The van der Waals surface area contributed by atoms with Crippen molar-refractivity contribution in [3.05, 3.63) is 24.5 Å². The van der Waals surface area contributed by atoms with Crippen molar-refractivity contribution in [3.8, 4) is 10.6 Å². The summed E-state index contributed by atoms with van der Waals surface area (Å²) in [6.07, 6.45) is 4.33. The first kappa shape index (κ1) is 14.6. The van der Waals surface area contributed by atoms with E-state index in [0.29, 0.717) is 11.7 Å². The Bertz CT molecular complexity index is 568. The summed E-state index contributed by atoms with van der Waals surface area (Å²) in [5.74, 6) is 0.0408. The van der Waals surface area contributed by atoms with E-state index in [2.05, 4.69) is 15.2 Å². The van der Waals surface area contributed by atoms with Gasteiger partial charge in [-0.05, 0) is 18.6 Å². The number of nitrogens with zero attached hydrogens (tertiary/aromatic N) is 4. The van der Waals surface area contributed by atoms with Crippen LogP contribution in [0.1, 0.15) is 27.2 Å². The van der Waals surface area contributed by atoms with Crippen molar-refractivity contribution in [2.75, 3.05) is 11.4 Å². The van der Waals surface area contributed by atoms with E-state index < -0.39 is 0 Å². The van der Waals surface area contributed by atoms with Crippen molar-refractivity contribution < 1.29 is 4.79 Å². The molecule has 5 nitrogen and oxygen atoms in total. The zero-order valence-electron chi connectivity index (χ0n) is 11.9. The number of amides is 1. The van der Waals surface area contributed by atoms with Crippen molar-refractivity contribution >= 4 is 22.4 Å². The maximum absolute atomic E-state index is 12.2. The maximum atomic E-state index is 12.2.